The number of hydrogen-bond acceptors (Lipinski definition) is 4. The summed E-state index contributed by atoms with van der Waals surface area (Å²) < 4.78 is 7.43. The monoisotopic (exact) mass is 339 g/mol. The summed E-state index contributed by atoms with van der Waals surface area (Å²) in [5.74, 6) is 0.921. The second-order valence-electron chi connectivity index (χ2n) is 6.68. The lowest BCUT2D eigenvalue weighted by atomic mass is 10.1. The summed E-state index contributed by atoms with van der Waals surface area (Å²) in [6, 6.07) is 8.66. The van der Waals surface area contributed by atoms with Gasteiger partial charge in [0.15, 0.2) is 5.65 Å². The van der Waals surface area contributed by atoms with E-state index in [9.17, 15) is 0 Å². The number of morpholine rings is 1. The molecule has 3 aromatic rings. The van der Waals surface area contributed by atoms with Crippen molar-refractivity contribution in [2.45, 2.75) is 33.4 Å². The van der Waals surface area contributed by atoms with E-state index in [0.29, 0.717) is 0 Å². The highest BCUT2D eigenvalue weighted by Gasteiger charge is 2.15. The molecule has 0 atom stereocenters. The highest BCUT2D eigenvalue weighted by Crippen LogP contribution is 2.24. The first kappa shape index (κ1) is 16.3. The average molecular weight is 339 g/mol. The highest BCUT2D eigenvalue weighted by molar-refractivity contribution is 5.78. The number of imidazole rings is 1. The summed E-state index contributed by atoms with van der Waals surface area (Å²) in [6.45, 7) is 9.71. The summed E-state index contributed by atoms with van der Waals surface area (Å²) in [6.07, 6.45) is 1.05. The minimum Gasteiger partial charge on any atom is -0.379 e. The van der Waals surface area contributed by atoms with Gasteiger partial charge in [0.1, 0.15) is 11.3 Å². The number of hydrogen-bond donors (Lipinski definition) is 1. The molecule has 0 saturated carbocycles. The van der Waals surface area contributed by atoms with Crippen molar-refractivity contribution in [2.24, 2.45) is 0 Å². The Morgan fingerprint density at radius 3 is 2.88 bits per heavy atom. The maximum Gasteiger partial charge on any atom is 0.177 e. The van der Waals surface area contributed by atoms with Crippen LogP contribution in [0.4, 0.5) is 0 Å². The van der Waals surface area contributed by atoms with E-state index in [1.807, 2.05) is 11.6 Å². The van der Waals surface area contributed by atoms with E-state index >= 15 is 0 Å². The van der Waals surface area contributed by atoms with Crippen molar-refractivity contribution in [1.29, 1.82) is 0 Å². The molecule has 1 fully saturated rings. The van der Waals surface area contributed by atoms with Crippen molar-refractivity contribution in [3.63, 3.8) is 0 Å². The van der Waals surface area contributed by atoms with E-state index < -0.39 is 0 Å². The Bertz CT molecular complexity index is 860. The molecule has 1 aliphatic heterocycles. The first-order valence-corrected chi connectivity index (χ1v) is 9.07. The maximum atomic E-state index is 5.43. The first-order valence-electron chi connectivity index (χ1n) is 9.07. The Hall–Kier alpha value is -2.18. The molecule has 1 aliphatic rings. The summed E-state index contributed by atoms with van der Waals surface area (Å²) >= 11 is 0. The third kappa shape index (κ3) is 3.32. The molecule has 4 rings (SSSR count). The van der Waals surface area contributed by atoms with Crippen LogP contribution in [0, 0.1) is 6.92 Å². The van der Waals surface area contributed by atoms with Crippen molar-refractivity contribution in [1.82, 2.24) is 24.6 Å². The highest BCUT2D eigenvalue weighted by atomic mass is 16.5. The number of rotatable bonds is 5. The van der Waals surface area contributed by atoms with Crippen molar-refractivity contribution in [3.05, 3.63) is 35.5 Å². The fourth-order valence-corrected chi connectivity index (χ4v) is 3.42. The lowest BCUT2D eigenvalue weighted by molar-refractivity contribution is 0.0342. The number of aromatic nitrogens is 4. The van der Waals surface area contributed by atoms with Gasteiger partial charge >= 0.3 is 0 Å². The van der Waals surface area contributed by atoms with Crippen molar-refractivity contribution >= 4 is 11.2 Å². The number of H-pyrrole nitrogens is 1. The maximum absolute atomic E-state index is 5.43. The van der Waals surface area contributed by atoms with Crippen LogP contribution in [-0.2, 0) is 17.8 Å². The smallest absolute Gasteiger partial charge is 0.177 e. The molecule has 6 heteroatoms. The lowest BCUT2D eigenvalue weighted by Crippen LogP contribution is -2.35. The van der Waals surface area contributed by atoms with E-state index in [4.69, 9.17) is 9.72 Å². The molecule has 3 heterocycles. The average Bonchev–Trinajstić information content (AvgIpc) is 3.18. The molecule has 0 radical (unpaired) electrons. The first-order chi connectivity index (χ1) is 12.2. The normalized spacial score (nSPS) is 15.9. The molecule has 0 aliphatic carbocycles. The molecule has 1 N–H and O–H groups in total. The SMILES string of the molecule is CCCn1nc(C)c2[nH]c(-c3cccc(CN4CCOCC4)c3)nc21. The van der Waals surface area contributed by atoms with E-state index in [1.165, 1.54) is 5.56 Å². The third-order valence-electron chi connectivity index (χ3n) is 4.71. The standard InChI is InChI=1S/C19H25N5O/c1-3-7-24-19-17(14(2)22-24)20-18(21-19)16-6-4-5-15(12-16)13-23-8-10-25-11-9-23/h4-6,12H,3,7-11,13H2,1-2H3,(H,20,21). The van der Waals surface area contributed by atoms with Gasteiger partial charge in [-0.3, -0.25) is 4.90 Å². The number of ether oxygens (including phenoxy) is 1. The molecule has 1 saturated heterocycles. The molecule has 132 valence electrons. The lowest BCUT2D eigenvalue weighted by Gasteiger charge is -2.26. The number of aromatic amines is 1. The third-order valence-corrected chi connectivity index (χ3v) is 4.71. The second kappa shape index (κ2) is 6.98. The van der Waals surface area contributed by atoms with Crippen LogP contribution in [-0.4, -0.2) is 51.0 Å². The summed E-state index contributed by atoms with van der Waals surface area (Å²) in [5.41, 5.74) is 5.44. The van der Waals surface area contributed by atoms with Gasteiger partial charge in [-0.25, -0.2) is 9.67 Å². The second-order valence-corrected chi connectivity index (χ2v) is 6.68. The summed E-state index contributed by atoms with van der Waals surface area (Å²) in [4.78, 5) is 10.7. The zero-order chi connectivity index (χ0) is 17.2. The van der Waals surface area contributed by atoms with Gasteiger partial charge in [0.05, 0.1) is 18.9 Å². The fourth-order valence-electron chi connectivity index (χ4n) is 3.42. The molecule has 1 aromatic carbocycles. The van der Waals surface area contributed by atoms with Crippen LogP contribution in [0.1, 0.15) is 24.6 Å². The largest absolute Gasteiger partial charge is 0.379 e. The Morgan fingerprint density at radius 1 is 1.24 bits per heavy atom. The Morgan fingerprint density at radius 2 is 2.08 bits per heavy atom. The van der Waals surface area contributed by atoms with Gasteiger partial charge in [-0.1, -0.05) is 25.1 Å². The van der Waals surface area contributed by atoms with Crippen LogP contribution in [0.3, 0.4) is 0 Å². The van der Waals surface area contributed by atoms with Gasteiger partial charge in [0, 0.05) is 31.7 Å². The number of nitrogens with one attached hydrogen (secondary N) is 1. The minimum atomic E-state index is 0.830. The van der Waals surface area contributed by atoms with Crippen LogP contribution >= 0.6 is 0 Å². The molecular formula is C19H25N5O. The van der Waals surface area contributed by atoms with Crippen LogP contribution in [0.5, 0.6) is 0 Å². The van der Waals surface area contributed by atoms with Crippen LogP contribution in [0.15, 0.2) is 24.3 Å². The van der Waals surface area contributed by atoms with E-state index in [-0.39, 0.29) is 0 Å². The van der Waals surface area contributed by atoms with Crippen molar-refractivity contribution < 1.29 is 4.74 Å². The van der Waals surface area contributed by atoms with Gasteiger partial charge < -0.3 is 9.72 Å². The van der Waals surface area contributed by atoms with E-state index in [2.05, 4.69) is 46.2 Å². The molecule has 2 aromatic heterocycles. The quantitative estimate of drug-likeness (QED) is 0.776. The number of nitrogens with zero attached hydrogens (tertiary/aromatic N) is 4. The molecule has 6 nitrogen and oxygen atoms in total. The molecule has 25 heavy (non-hydrogen) atoms. The predicted molar refractivity (Wildman–Crippen MR) is 98.4 cm³/mol. The van der Waals surface area contributed by atoms with Crippen LogP contribution in [0.2, 0.25) is 0 Å². The minimum absolute atomic E-state index is 0.830. The topological polar surface area (TPSA) is 59.0 Å². The molecule has 0 spiro atoms. The summed E-state index contributed by atoms with van der Waals surface area (Å²) in [5, 5.41) is 4.57. The number of fused-ring (bicyclic) bond motifs is 1. The Balaban J connectivity index is 1.62. The molecule has 0 unspecified atom stereocenters. The van der Waals surface area contributed by atoms with Crippen LogP contribution in [0.25, 0.3) is 22.6 Å². The molecular weight excluding hydrogens is 314 g/mol. The van der Waals surface area contributed by atoms with Gasteiger partial charge in [0.25, 0.3) is 0 Å². The Labute approximate surface area is 147 Å². The molecule has 0 amide bonds. The number of aryl methyl sites for hydroxylation is 2. The fraction of sp³-hybridized carbons (Fsp3) is 0.474. The van der Waals surface area contributed by atoms with Gasteiger partial charge in [-0.05, 0) is 25.0 Å². The van der Waals surface area contributed by atoms with Crippen molar-refractivity contribution in [3.8, 4) is 11.4 Å². The predicted octanol–water partition coefficient (Wildman–Crippen LogP) is 2.98. The Kier molecular flexibility index (Phi) is 4.55. The summed E-state index contributed by atoms with van der Waals surface area (Å²) in [7, 11) is 0. The van der Waals surface area contributed by atoms with Gasteiger partial charge in [0.2, 0.25) is 0 Å². The zero-order valence-electron chi connectivity index (χ0n) is 15.0. The van der Waals surface area contributed by atoms with E-state index in [1.54, 1.807) is 0 Å². The van der Waals surface area contributed by atoms with Gasteiger partial charge in [-0.2, -0.15) is 5.10 Å². The molecule has 0 bridgehead atoms. The number of benzene rings is 1. The van der Waals surface area contributed by atoms with Crippen molar-refractivity contribution in [2.75, 3.05) is 26.3 Å². The van der Waals surface area contributed by atoms with E-state index in [0.717, 1.165) is 74.1 Å². The zero-order valence-corrected chi connectivity index (χ0v) is 15.0. The van der Waals surface area contributed by atoms with Crippen LogP contribution < -0.4 is 0 Å². The van der Waals surface area contributed by atoms with Gasteiger partial charge in [-0.15, -0.1) is 0 Å².